The zero-order valence-electron chi connectivity index (χ0n) is 7.98. The van der Waals surface area contributed by atoms with Crippen LogP contribution in [0.15, 0.2) is 6.07 Å². The zero-order chi connectivity index (χ0) is 11.5. The molecule has 0 saturated carbocycles. The predicted octanol–water partition coefficient (Wildman–Crippen LogP) is 2.44. The molecule has 0 amide bonds. The van der Waals surface area contributed by atoms with Gasteiger partial charge in [-0.1, -0.05) is 0 Å². The minimum absolute atomic E-state index is 0.0184. The van der Waals surface area contributed by atoms with Crippen LogP contribution in [0.4, 0.5) is 13.2 Å². The minimum Gasteiger partial charge on any atom is -0.375 e. The molecule has 0 atom stereocenters. The number of ether oxygens (including phenoxy) is 1. The molecule has 1 heterocycles. The van der Waals surface area contributed by atoms with Gasteiger partial charge in [-0.3, -0.25) is 0 Å². The lowest BCUT2D eigenvalue weighted by molar-refractivity contribution is -0.140. The molecule has 6 heteroatoms. The third-order valence-corrected chi connectivity index (χ3v) is 1.78. The molecule has 0 saturated heterocycles. The summed E-state index contributed by atoms with van der Waals surface area (Å²) in [7, 11) is 0. The van der Waals surface area contributed by atoms with Crippen molar-refractivity contribution in [2.45, 2.75) is 19.7 Å². The first-order valence-electron chi connectivity index (χ1n) is 4.26. The number of hydrogen-bond donors (Lipinski definition) is 1. The zero-order valence-corrected chi connectivity index (χ0v) is 7.98. The topological polar surface area (TPSA) is 48.8 Å². The third kappa shape index (κ3) is 2.73. The van der Waals surface area contributed by atoms with Crippen LogP contribution in [0.1, 0.15) is 23.9 Å². The van der Waals surface area contributed by atoms with Gasteiger partial charge in [0.25, 0.3) is 0 Å². The minimum atomic E-state index is -4.46. The van der Waals surface area contributed by atoms with Crippen molar-refractivity contribution in [1.29, 1.82) is 5.26 Å². The molecule has 1 rings (SSSR count). The Hall–Kier alpha value is -1.48. The Bertz CT molecular complexity index is 376. The largest absolute Gasteiger partial charge is 0.431 e. The number of nitriles is 1. The van der Waals surface area contributed by atoms with Gasteiger partial charge >= 0.3 is 6.18 Å². The van der Waals surface area contributed by atoms with E-state index in [0.717, 1.165) is 6.07 Å². The van der Waals surface area contributed by atoms with Gasteiger partial charge < -0.3 is 9.72 Å². The second-order valence-corrected chi connectivity index (χ2v) is 2.82. The van der Waals surface area contributed by atoms with E-state index in [9.17, 15) is 13.2 Å². The average molecular weight is 218 g/mol. The fraction of sp³-hybridized carbons (Fsp3) is 0.444. The fourth-order valence-corrected chi connectivity index (χ4v) is 1.07. The number of nitrogens with one attached hydrogen (secondary N) is 1. The molecule has 0 bridgehead atoms. The Kier molecular flexibility index (Phi) is 3.37. The Morgan fingerprint density at radius 1 is 1.53 bits per heavy atom. The number of aromatic amines is 1. The first-order chi connectivity index (χ1) is 6.99. The number of rotatable bonds is 3. The normalized spacial score (nSPS) is 11.4. The van der Waals surface area contributed by atoms with E-state index in [1.165, 1.54) is 0 Å². The summed E-state index contributed by atoms with van der Waals surface area (Å²) >= 11 is 0. The van der Waals surface area contributed by atoms with E-state index in [2.05, 4.69) is 4.98 Å². The Morgan fingerprint density at radius 3 is 2.67 bits per heavy atom. The third-order valence-electron chi connectivity index (χ3n) is 1.78. The average Bonchev–Trinajstić information content (AvgIpc) is 2.57. The van der Waals surface area contributed by atoms with Crippen molar-refractivity contribution in [1.82, 2.24) is 4.98 Å². The molecule has 0 aromatic carbocycles. The molecule has 1 aromatic heterocycles. The molecule has 15 heavy (non-hydrogen) atoms. The van der Waals surface area contributed by atoms with Crippen molar-refractivity contribution in [2.24, 2.45) is 0 Å². The van der Waals surface area contributed by atoms with Crippen LogP contribution in [0.2, 0.25) is 0 Å². The molecular weight excluding hydrogens is 209 g/mol. The highest BCUT2D eigenvalue weighted by molar-refractivity contribution is 5.37. The maximum absolute atomic E-state index is 12.3. The second kappa shape index (κ2) is 4.36. The fourth-order valence-electron chi connectivity index (χ4n) is 1.07. The SMILES string of the molecule is CCOCc1[nH]c(C(F)(F)F)cc1C#N. The summed E-state index contributed by atoms with van der Waals surface area (Å²) < 4.78 is 41.7. The first-order valence-corrected chi connectivity index (χ1v) is 4.26. The van der Waals surface area contributed by atoms with E-state index in [0.29, 0.717) is 6.61 Å². The van der Waals surface area contributed by atoms with Crippen molar-refractivity contribution in [3.8, 4) is 6.07 Å². The molecule has 82 valence electrons. The standard InChI is InChI=1S/C9H9F3N2O/c1-2-15-5-7-6(4-13)3-8(14-7)9(10,11)12/h3,14H,2,5H2,1H3. The molecular formula is C9H9F3N2O. The summed E-state index contributed by atoms with van der Waals surface area (Å²) in [5.74, 6) is 0. The molecule has 0 fully saturated rings. The van der Waals surface area contributed by atoms with Crippen molar-refractivity contribution in [3.63, 3.8) is 0 Å². The van der Waals surface area contributed by atoms with E-state index in [4.69, 9.17) is 10.00 Å². The highest BCUT2D eigenvalue weighted by atomic mass is 19.4. The van der Waals surface area contributed by atoms with E-state index < -0.39 is 11.9 Å². The summed E-state index contributed by atoms with van der Waals surface area (Å²) in [6.45, 7) is 2.08. The van der Waals surface area contributed by atoms with Crippen molar-refractivity contribution < 1.29 is 17.9 Å². The van der Waals surface area contributed by atoms with Crippen molar-refractivity contribution in [3.05, 3.63) is 23.0 Å². The van der Waals surface area contributed by atoms with E-state index in [1.807, 2.05) is 0 Å². The summed E-state index contributed by atoms with van der Waals surface area (Å²) in [4.78, 5) is 2.13. The van der Waals surface area contributed by atoms with Crippen molar-refractivity contribution in [2.75, 3.05) is 6.61 Å². The van der Waals surface area contributed by atoms with Gasteiger partial charge in [-0.2, -0.15) is 18.4 Å². The van der Waals surface area contributed by atoms with Crippen LogP contribution in [-0.2, 0) is 17.5 Å². The Morgan fingerprint density at radius 2 is 2.20 bits per heavy atom. The summed E-state index contributed by atoms with van der Waals surface area (Å²) in [5, 5.41) is 8.60. The van der Waals surface area contributed by atoms with Crippen LogP contribution in [0.25, 0.3) is 0 Å². The maximum atomic E-state index is 12.3. The lowest BCUT2D eigenvalue weighted by Crippen LogP contribution is -2.05. The van der Waals surface area contributed by atoms with Crippen LogP contribution >= 0.6 is 0 Å². The predicted molar refractivity (Wildman–Crippen MR) is 45.8 cm³/mol. The van der Waals surface area contributed by atoms with Crippen LogP contribution in [0, 0.1) is 11.3 Å². The lowest BCUT2D eigenvalue weighted by atomic mass is 10.2. The molecule has 0 unspecified atom stereocenters. The quantitative estimate of drug-likeness (QED) is 0.846. The molecule has 1 aromatic rings. The van der Waals surface area contributed by atoms with Gasteiger partial charge in [0.2, 0.25) is 0 Å². The Balaban J connectivity index is 2.97. The van der Waals surface area contributed by atoms with Gasteiger partial charge in [-0.15, -0.1) is 0 Å². The molecule has 0 aliphatic rings. The summed E-state index contributed by atoms with van der Waals surface area (Å²) in [5.41, 5.74) is -0.795. The summed E-state index contributed by atoms with van der Waals surface area (Å²) in [6.07, 6.45) is -4.46. The summed E-state index contributed by atoms with van der Waals surface area (Å²) in [6, 6.07) is 2.47. The highest BCUT2D eigenvalue weighted by Crippen LogP contribution is 2.29. The second-order valence-electron chi connectivity index (χ2n) is 2.82. The maximum Gasteiger partial charge on any atom is 0.431 e. The number of nitrogens with zero attached hydrogens (tertiary/aromatic N) is 1. The van der Waals surface area contributed by atoms with Crippen LogP contribution in [0.3, 0.4) is 0 Å². The molecule has 0 radical (unpaired) electrons. The molecule has 0 spiro atoms. The molecule has 3 nitrogen and oxygen atoms in total. The first kappa shape index (κ1) is 11.6. The van der Waals surface area contributed by atoms with Crippen LogP contribution in [0.5, 0.6) is 0 Å². The number of H-pyrrole nitrogens is 1. The smallest absolute Gasteiger partial charge is 0.375 e. The van der Waals surface area contributed by atoms with E-state index in [1.54, 1.807) is 13.0 Å². The molecule has 0 aliphatic heterocycles. The number of hydrogen-bond acceptors (Lipinski definition) is 2. The van der Waals surface area contributed by atoms with E-state index >= 15 is 0 Å². The van der Waals surface area contributed by atoms with Gasteiger partial charge in [0, 0.05) is 6.61 Å². The van der Waals surface area contributed by atoms with Gasteiger partial charge in [-0.25, -0.2) is 0 Å². The highest BCUT2D eigenvalue weighted by Gasteiger charge is 2.33. The van der Waals surface area contributed by atoms with Gasteiger partial charge in [-0.05, 0) is 13.0 Å². The van der Waals surface area contributed by atoms with Gasteiger partial charge in [0.05, 0.1) is 17.9 Å². The lowest BCUT2D eigenvalue weighted by Gasteiger charge is -2.02. The Labute approximate surface area is 84.5 Å². The van der Waals surface area contributed by atoms with Crippen LogP contribution in [-0.4, -0.2) is 11.6 Å². The van der Waals surface area contributed by atoms with Crippen molar-refractivity contribution >= 4 is 0 Å². The molecule has 1 N–H and O–H groups in total. The number of alkyl halides is 3. The van der Waals surface area contributed by atoms with Gasteiger partial charge in [0.15, 0.2) is 0 Å². The number of aromatic nitrogens is 1. The van der Waals surface area contributed by atoms with E-state index in [-0.39, 0.29) is 17.9 Å². The monoisotopic (exact) mass is 218 g/mol. The van der Waals surface area contributed by atoms with Gasteiger partial charge in [0.1, 0.15) is 11.8 Å². The number of halogens is 3. The van der Waals surface area contributed by atoms with Crippen LogP contribution < -0.4 is 0 Å². The molecule has 0 aliphatic carbocycles.